The lowest BCUT2D eigenvalue weighted by Gasteiger charge is -2.13. The Hall–Kier alpha value is -1.65. The maximum Gasteiger partial charge on any atom is 0.262 e. The molecule has 1 atom stereocenters. The summed E-state index contributed by atoms with van der Waals surface area (Å²) in [5, 5.41) is 2.69. The number of ether oxygens (including phenoxy) is 1. The lowest BCUT2D eigenvalue weighted by molar-refractivity contribution is -0.118. The van der Waals surface area contributed by atoms with E-state index < -0.39 is 10.0 Å². The van der Waals surface area contributed by atoms with Gasteiger partial charge in [-0.2, -0.15) is 0 Å². The fraction of sp³-hybridized carbons (Fsp3) is 0.278. The number of nitrogens with one attached hydrogen (secondary N) is 2. The molecule has 8 heteroatoms. The smallest absolute Gasteiger partial charge is 0.262 e. The maximum atomic E-state index is 12.7. The van der Waals surface area contributed by atoms with Crippen LogP contribution in [0.2, 0.25) is 0 Å². The van der Waals surface area contributed by atoms with Crippen LogP contribution in [0.5, 0.6) is 0 Å². The van der Waals surface area contributed by atoms with Crippen LogP contribution >= 0.6 is 22.6 Å². The Balaban J connectivity index is 2.20. The van der Waals surface area contributed by atoms with Gasteiger partial charge in [0.2, 0.25) is 5.91 Å². The van der Waals surface area contributed by atoms with Gasteiger partial charge in [0, 0.05) is 16.4 Å². The Bertz CT molecular complexity index is 900. The third-order valence-corrected chi connectivity index (χ3v) is 5.97. The molecule has 140 valence electrons. The molecule has 0 aliphatic carbocycles. The van der Waals surface area contributed by atoms with Gasteiger partial charge in [0.15, 0.2) is 0 Å². The first-order valence-electron chi connectivity index (χ1n) is 7.93. The molecule has 0 radical (unpaired) electrons. The van der Waals surface area contributed by atoms with E-state index in [2.05, 4.69) is 32.6 Å². The normalized spacial score (nSPS) is 12.5. The predicted molar refractivity (Wildman–Crippen MR) is 111 cm³/mol. The summed E-state index contributed by atoms with van der Waals surface area (Å²) in [4.78, 5) is 12.0. The van der Waals surface area contributed by atoms with Crippen molar-refractivity contribution in [2.75, 3.05) is 17.1 Å². The molecule has 0 fully saturated rings. The number of amides is 1. The highest BCUT2D eigenvalue weighted by atomic mass is 127. The second-order valence-corrected chi connectivity index (χ2v) is 8.76. The second kappa shape index (κ2) is 8.83. The molecule has 0 aliphatic rings. The van der Waals surface area contributed by atoms with Crippen LogP contribution in [0.25, 0.3) is 0 Å². The minimum absolute atomic E-state index is 0.0763. The standard InChI is InChI=1S/C18H21IN2O4S/c1-12-7-8-16(19)17(9-12)21-26(23,24)15-6-4-5-14(11-15)20-18(22)10-13(2)25-3/h4-9,11,13,21H,10H2,1-3H3,(H,20,22). The van der Waals surface area contributed by atoms with Crippen molar-refractivity contribution in [2.24, 2.45) is 0 Å². The van der Waals surface area contributed by atoms with Gasteiger partial charge in [-0.05, 0) is 72.3 Å². The number of hydrogen-bond acceptors (Lipinski definition) is 4. The van der Waals surface area contributed by atoms with E-state index in [0.29, 0.717) is 11.4 Å². The molecule has 0 saturated carbocycles. The molecule has 1 unspecified atom stereocenters. The van der Waals surface area contributed by atoms with E-state index in [0.717, 1.165) is 9.13 Å². The van der Waals surface area contributed by atoms with Gasteiger partial charge in [0.25, 0.3) is 10.0 Å². The largest absolute Gasteiger partial charge is 0.381 e. The van der Waals surface area contributed by atoms with Crippen molar-refractivity contribution < 1.29 is 17.9 Å². The van der Waals surface area contributed by atoms with Crippen LogP contribution in [0.3, 0.4) is 0 Å². The van der Waals surface area contributed by atoms with Crippen molar-refractivity contribution >= 4 is 49.9 Å². The molecule has 2 rings (SSSR count). The highest BCUT2D eigenvalue weighted by Crippen LogP contribution is 2.24. The van der Waals surface area contributed by atoms with E-state index in [-0.39, 0.29) is 23.3 Å². The van der Waals surface area contributed by atoms with Gasteiger partial charge < -0.3 is 10.1 Å². The monoisotopic (exact) mass is 488 g/mol. The van der Waals surface area contributed by atoms with Crippen LogP contribution in [0, 0.1) is 10.5 Å². The van der Waals surface area contributed by atoms with Crippen molar-refractivity contribution in [1.82, 2.24) is 0 Å². The van der Waals surface area contributed by atoms with Gasteiger partial charge in [-0.1, -0.05) is 12.1 Å². The first kappa shape index (κ1) is 20.7. The Morgan fingerprint density at radius 3 is 2.65 bits per heavy atom. The number of carbonyl (C=O) groups excluding carboxylic acids is 1. The van der Waals surface area contributed by atoms with Crippen LogP contribution in [-0.4, -0.2) is 27.5 Å². The SMILES string of the molecule is COC(C)CC(=O)Nc1cccc(S(=O)(=O)Nc2cc(C)ccc2I)c1. The first-order valence-corrected chi connectivity index (χ1v) is 10.5. The second-order valence-electron chi connectivity index (χ2n) is 5.92. The summed E-state index contributed by atoms with van der Waals surface area (Å²) in [5.41, 5.74) is 1.89. The number of anilines is 2. The lowest BCUT2D eigenvalue weighted by atomic mass is 10.2. The minimum Gasteiger partial charge on any atom is -0.381 e. The molecule has 0 saturated heterocycles. The van der Waals surface area contributed by atoms with E-state index >= 15 is 0 Å². The number of sulfonamides is 1. The quantitative estimate of drug-likeness (QED) is 0.582. The van der Waals surface area contributed by atoms with Crippen molar-refractivity contribution in [3.8, 4) is 0 Å². The molecular formula is C18H21IN2O4S. The van der Waals surface area contributed by atoms with Crippen molar-refractivity contribution in [3.63, 3.8) is 0 Å². The van der Waals surface area contributed by atoms with Gasteiger partial charge in [-0.3, -0.25) is 9.52 Å². The molecule has 0 spiro atoms. The Labute approximate surface area is 167 Å². The summed E-state index contributed by atoms with van der Waals surface area (Å²) in [7, 11) is -2.24. The number of rotatable bonds is 7. The van der Waals surface area contributed by atoms with Crippen LogP contribution in [-0.2, 0) is 19.6 Å². The Morgan fingerprint density at radius 2 is 1.96 bits per heavy atom. The summed E-state index contributed by atoms with van der Waals surface area (Å²) < 4.78 is 33.8. The average molecular weight is 488 g/mol. The number of methoxy groups -OCH3 is 1. The van der Waals surface area contributed by atoms with Gasteiger partial charge >= 0.3 is 0 Å². The topological polar surface area (TPSA) is 84.5 Å². The van der Waals surface area contributed by atoms with Gasteiger partial charge in [-0.15, -0.1) is 0 Å². The predicted octanol–water partition coefficient (Wildman–Crippen LogP) is 3.76. The van der Waals surface area contributed by atoms with E-state index in [1.807, 2.05) is 19.1 Å². The third-order valence-electron chi connectivity index (χ3n) is 3.67. The first-order chi connectivity index (χ1) is 12.2. The summed E-state index contributed by atoms with van der Waals surface area (Å²) in [6.07, 6.45) is -0.0280. The van der Waals surface area contributed by atoms with Crippen molar-refractivity contribution in [1.29, 1.82) is 0 Å². The molecule has 2 aromatic rings. The lowest BCUT2D eigenvalue weighted by Crippen LogP contribution is -2.19. The van der Waals surface area contributed by atoms with Crippen LogP contribution in [0.4, 0.5) is 11.4 Å². The number of halogens is 1. The number of aryl methyl sites for hydroxylation is 1. The van der Waals surface area contributed by atoms with E-state index in [1.165, 1.54) is 19.2 Å². The zero-order chi connectivity index (χ0) is 19.3. The van der Waals surface area contributed by atoms with Crippen molar-refractivity contribution in [3.05, 3.63) is 51.6 Å². The van der Waals surface area contributed by atoms with Crippen LogP contribution in [0.1, 0.15) is 18.9 Å². The highest BCUT2D eigenvalue weighted by Gasteiger charge is 2.17. The number of benzene rings is 2. The molecule has 2 aromatic carbocycles. The van der Waals surface area contributed by atoms with Gasteiger partial charge in [0.05, 0.1) is 23.1 Å². The minimum atomic E-state index is -3.77. The fourth-order valence-electron chi connectivity index (χ4n) is 2.22. The summed E-state index contributed by atoms with van der Waals surface area (Å²) in [6.45, 7) is 3.68. The zero-order valence-electron chi connectivity index (χ0n) is 14.7. The summed E-state index contributed by atoms with van der Waals surface area (Å²) in [5.74, 6) is -0.241. The molecule has 6 nitrogen and oxygen atoms in total. The van der Waals surface area contributed by atoms with Crippen molar-refractivity contribution in [2.45, 2.75) is 31.3 Å². The van der Waals surface area contributed by atoms with Crippen LogP contribution in [0.15, 0.2) is 47.4 Å². The average Bonchev–Trinajstić information content (AvgIpc) is 2.58. The zero-order valence-corrected chi connectivity index (χ0v) is 17.7. The highest BCUT2D eigenvalue weighted by molar-refractivity contribution is 14.1. The molecule has 2 N–H and O–H groups in total. The fourth-order valence-corrected chi connectivity index (χ4v) is 3.99. The van der Waals surface area contributed by atoms with E-state index in [4.69, 9.17) is 4.74 Å². The van der Waals surface area contributed by atoms with Crippen LogP contribution < -0.4 is 10.0 Å². The summed E-state index contributed by atoms with van der Waals surface area (Å²) >= 11 is 2.08. The molecule has 26 heavy (non-hydrogen) atoms. The molecule has 0 heterocycles. The number of carbonyl (C=O) groups is 1. The van der Waals surface area contributed by atoms with E-state index in [9.17, 15) is 13.2 Å². The molecule has 0 aliphatic heterocycles. The molecule has 0 aromatic heterocycles. The molecule has 0 bridgehead atoms. The Kier molecular flexibility index (Phi) is 7.01. The number of hydrogen-bond donors (Lipinski definition) is 2. The molecule has 1 amide bonds. The van der Waals surface area contributed by atoms with E-state index in [1.54, 1.807) is 25.1 Å². The molecular weight excluding hydrogens is 467 g/mol. The maximum absolute atomic E-state index is 12.7. The van der Waals surface area contributed by atoms with Gasteiger partial charge in [0.1, 0.15) is 0 Å². The summed E-state index contributed by atoms with van der Waals surface area (Å²) in [6, 6.07) is 11.7. The Morgan fingerprint density at radius 1 is 1.23 bits per heavy atom. The van der Waals surface area contributed by atoms with Gasteiger partial charge in [-0.25, -0.2) is 8.42 Å². The third kappa shape index (κ3) is 5.68.